The number of hydrogen-bond donors (Lipinski definition) is 3. The molecular formula is C20H22N4O4. The minimum absolute atomic E-state index is 0.0803. The molecule has 0 amide bonds. The van der Waals surface area contributed by atoms with Crippen molar-refractivity contribution >= 4 is 28.4 Å². The van der Waals surface area contributed by atoms with E-state index in [0.717, 1.165) is 36.8 Å². The van der Waals surface area contributed by atoms with Gasteiger partial charge in [0.25, 0.3) is 0 Å². The summed E-state index contributed by atoms with van der Waals surface area (Å²) in [5.41, 5.74) is 1.01. The van der Waals surface area contributed by atoms with Crippen molar-refractivity contribution in [1.29, 1.82) is 0 Å². The fourth-order valence-electron chi connectivity index (χ4n) is 3.52. The van der Waals surface area contributed by atoms with Gasteiger partial charge in [-0.2, -0.15) is 10.1 Å². The smallest absolute Gasteiger partial charge is 0.339 e. The Morgan fingerprint density at radius 1 is 1.21 bits per heavy atom. The van der Waals surface area contributed by atoms with Crippen LogP contribution in [0.2, 0.25) is 0 Å². The molecule has 0 saturated heterocycles. The number of carboxylic acids is 1. The molecule has 2 aromatic heterocycles. The minimum Gasteiger partial charge on any atom is -0.496 e. The molecule has 1 saturated carbocycles. The maximum atomic E-state index is 11.6. The number of carbonyl (C=O) groups is 1. The summed E-state index contributed by atoms with van der Waals surface area (Å²) in [7, 11) is 1.45. The molecule has 1 aromatic carbocycles. The molecule has 3 aromatic rings. The average molecular weight is 382 g/mol. The Hall–Kier alpha value is -3.29. The topological polar surface area (TPSA) is 109 Å². The fourth-order valence-corrected chi connectivity index (χ4v) is 3.52. The molecule has 2 heterocycles. The number of pyridine rings is 1. The van der Waals surface area contributed by atoms with Crippen LogP contribution in [0, 0.1) is 6.92 Å². The predicted molar refractivity (Wildman–Crippen MR) is 105 cm³/mol. The Balaban J connectivity index is 1.81. The summed E-state index contributed by atoms with van der Waals surface area (Å²) < 4.78 is 11.4. The number of nitrogens with zero attached hydrogens (tertiary/aromatic N) is 2. The van der Waals surface area contributed by atoms with Crippen LogP contribution in [0.3, 0.4) is 0 Å². The second-order valence-electron chi connectivity index (χ2n) is 6.98. The van der Waals surface area contributed by atoms with Crippen LogP contribution in [-0.4, -0.2) is 39.5 Å². The minimum atomic E-state index is -1.06. The number of carboxylic acid groups (broad SMARTS) is 1. The zero-order valence-corrected chi connectivity index (χ0v) is 15.8. The number of aryl methyl sites for hydroxylation is 1. The van der Waals surface area contributed by atoms with Crippen molar-refractivity contribution in [1.82, 2.24) is 15.2 Å². The first-order valence-corrected chi connectivity index (χ1v) is 9.25. The van der Waals surface area contributed by atoms with Gasteiger partial charge >= 0.3 is 5.97 Å². The molecule has 4 rings (SSSR count). The van der Waals surface area contributed by atoms with Gasteiger partial charge in [-0.3, -0.25) is 5.10 Å². The quantitative estimate of drug-likeness (QED) is 0.590. The third-order valence-corrected chi connectivity index (χ3v) is 4.89. The Morgan fingerprint density at radius 2 is 2.00 bits per heavy atom. The number of aromatic carboxylic acids is 1. The molecule has 0 atom stereocenters. The molecule has 146 valence electrons. The van der Waals surface area contributed by atoms with Crippen LogP contribution in [-0.2, 0) is 0 Å². The van der Waals surface area contributed by atoms with Crippen LogP contribution in [0.1, 0.15) is 41.7 Å². The molecule has 28 heavy (non-hydrogen) atoms. The lowest BCUT2D eigenvalue weighted by molar-refractivity contribution is 0.0693. The van der Waals surface area contributed by atoms with Crippen LogP contribution in [0.4, 0.5) is 11.6 Å². The number of rotatable bonds is 6. The van der Waals surface area contributed by atoms with E-state index in [4.69, 9.17) is 9.47 Å². The van der Waals surface area contributed by atoms with E-state index in [2.05, 4.69) is 20.5 Å². The number of nitrogens with one attached hydrogen (secondary N) is 2. The lowest BCUT2D eigenvalue weighted by Gasteiger charge is -2.17. The molecule has 1 aliphatic carbocycles. The van der Waals surface area contributed by atoms with Crippen molar-refractivity contribution < 1.29 is 19.4 Å². The SMILES string of the molecule is COc1cc2cc(Nc3cc(C)[nH]n3)nc(OC3CCCC3)c2cc1C(=O)O. The van der Waals surface area contributed by atoms with Crippen LogP contribution in [0.5, 0.6) is 11.6 Å². The highest BCUT2D eigenvalue weighted by atomic mass is 16.5. The van der Waals surface area contributed by atoms with Gasteiger partial charge in [0.15, 0.2) is 5.82 Å². The maximum absolute atomic E-state index is 11.6. The van der Waals surface area contributed by atoms with Crippen LogP contribution >= 0.6 is 0 Å². The highest BCUT2D eigenvalue weighted by molar-refractivity contribution is 6.00. The van der Waals surface area contributed by atoms with Gasteiger partial charge in [-0.05, 0) is 56.2 Å². The van der Waals surface area contributed by atoms with Gasteiger partial charge in [0.2, 0.25) is 5.88 Å². The van der Waals surface area contributed by atoms with E-state index in [-0.39, 0.29) is 11.7 Å². The first kappa shape index (κ1) is 18.1. The number of ether oxygens (including phenoxy) is 2. The van der Waals surface area contributed by atoms with E-state index < -0.39 is 5.97 Å². The largest absolute Gasteiger partial charge is 0.496 e. The van der Waals surface area contributed by atoms with Crippen molar-refractivity contribution in [2.24, 2.45) is 0 Å². The Bertz CT molecular complexity index is 1020. The number of aromatic amines is 1. The second-order valence-corrected chi connectivity index (χ2v) is 6.98. The predicted octanol–water partition coefficient (Wildman–Crippen LogP) is 4.04. The third-order valence-electron chi connectivity index (χ3n) is 4.89. The summed E-state index contributed by atoms with van der Waals surface area (Å²) in [5.74, 6) is 0.867. The zero-order chi connectivity index (χ0) is 19.7. The molecule has 0 aliphatic heterocycles. The van der Waals surface area contributed by atoms with Crippen molar-refractivity contribution in [3.05, 3.63) is 35.5 Å². The Labute approximate surface area is 161 Å². The molecule has 8 nitrogen and oxygen atoms in total. The number of benzene rings is 1. The van der Waals surface area contributed by atoms with Crippen molar-refractivity contribution in [2.45, 2.75) is 38.7 Å². The summed E-state index contributed by atoms with van der Waals surface area (Å²) in [5, 5.41) is 21.2. The van der Waals surface area contributed by atoms with Crippen molar-refractivity contribution in [3.8, 4) is 11.6 Å². The molecule has 1 fully saturated rings. The second kappa shape index (κ2) is 7.38. The molecular weight excluding hydrogens is 360 g/mol. The summed E-state index contributed by atoms with van der Waals surface area (Å²) >= 11 is 0. The highest BCUT2D eigenvalue weighted by Gasteiger charge is 2.21. The van der Waals surface area contributed by atoms with Crippen LogP contribution < -0.4 is 14.8 Å². The van der Waals surface area contributed by atoms with Gasteiger partial charge in [0.1, 0.15) is 23.2 Å². The first-order valence-electron chi connectivity index (χ1n) is 9.25. The van der Waals surface area contributed by atoms with E-state index in [1.54, 1.807) is 12.1 Å². The molecule has 0 bridgehead atoms. The molecule has 0 unspecified atom stereocenters. The van der Waals surface area contributed by atoms with Gasteiger partial charge in [-0.1, -0.05) is 0 Å². The number of hydrogen-bond acceptors (Lipinski definition) is 6. The molecule has 1 aliphatic rings. The third kappa shape index (κ3) is 3.58. The van der Waals surface area contributed by atoms with Gasteiger partial charge in [-0.15, -0.1) is 0 Å². The normalized spacial score (nSPS) is 14.4. The van der Waals surface area contributed by atoms with Gasteiger partial charge in [-0.25, -0.2) is 4.79 Å². The van der Waals surface area contributed by atoms with Crippen molar-refractivity contribution in [2.75, 3.05) is 12.4 Å². The van der Waals surface area contributed by atoms with Crippen molar-refractivity contribution in [3.63, 3.8) is 0 Å². The highest BCUT2D eigenvalue weighted by Crippen LogP contribution is 2.35. The van der Waals surface area contributed by atoms with E-state index in [0.29, 0.717) is 28.7 Å². The van der Waals surface area contributed by atoms with E-state index in [1.165, 1.54) is 7.11 Å². The Kier molecular flexibility index (Phi) is 4.77. The summed E-state index contributed by atoms with van der Waals surface area (Å²) in [6.45, 7) is 1.92. The molecule has 0 radical (unpaired) electrons. The maximum Gasteiger partial charge on any atom is 0.339 e. The average Bonchev–Trinajstić information content (AvgIpc) is 3.32. The van der Waals surface area contributed by atoms with Crippen LogP contribution in [0.15, 0.2) is 24.3 Å². The molecule has 0 spiro atoms. The van der Waals surface area contributed by atoms with E-state index in [9.17, 15) is 9.90 Å². The zero-order valence-electron chi connectivity index (χ0n) is 15.8. The monoisotopic (exact) mass is 382 g/mol. The number of anilines is 2. The van der Waals surface area contributed by atoms with E-state index >= 15 is 0 Å². The first-order chi connectivity index (χ1) is 13.5. The number of aromatic nitrogens is 3. The number of methoxy groups -OCH3 is 1. The molecule has 8 heteroatoms. The van der Waals surface area contributed by atoms with Crippen LogP contribution in [0.25, 0.3) is 10.8 Å². The van der Waals surface area contributed by atoms with E-state index in [1.807, 2.05) is 19.1 Å². The lowest BCUT2D eigenvalue weighted by atomic mass is 10.1. The fraction of sp³-hybridized carbons (Fsp3) is 0.350. The van der Waals surface area contributed by atoms with Gasteiger partial charge in [0, 0.05) is 17.1 Å². The van der Waals surface area contributed by atoms with Gasteiger partial charge < -0.3 is 19.9 Å². The lowest BCUT2D eigenvalue weighted by Crippen LogP contribution is -2.13. The number of fused-ring (bicyclic) bond motifs is 1. The summed E-state index contributed by atoms with van der Waals surface area (Å²) in [4.78, 5) is 16.2. The Morgan fingerprint density at radius 3 is 2.64 bits per heavy atom. The molecule has 3 N–H and O–H groups in total. The summed E-state index contributed by atoms with van der Waals surface area (Å²) in [6.07, 6.45) is 4.29. The summed E-state index contributed by atoms with van der Waals surface area (Å²) in [6, 6.07) is 6.96. The number of H-pyrrole nitrogens is 1. The van der Waals surface area contributed by atoms with Gasteiger partial charge in [0.05, 0.1) is 7.11 Å². The standard InChI is InChI=1S/C20H22N4O4/c1-11-7-18(24-23-11)21-17-9-12-8-16(27-2)15(20(25)26)10-14(12)19(22-17)28-13-5-3-4-6-13/h7-10,13H,3-6H2,1-2H3,(H,25,26)(H2,21,22,23,24).